The second-order valence-electron chi connectivity index (χ2n) is 9.35. The summed E-state index contributed by atoms with van der Waals surface area (Å²) in [6.07, 6.45) is 1.44. The fourth-order valence-corrected chi connectivity index (χ4v) is 5.17. The van der Waals surface area contributed by atoms with Crippen molar-refractivity contribution in [2.24, 2.45) is 0 Å². The Morgan fingerprint density at radius 2 is 1.89 bits per heavy atom. The molecule has 2 atom stereocenters. The van der Waals surface area contributed by atoms with E-state index < -0.39 is 17.7 Å². The van der Waals surface area contributed by atoms with Gasteiger partial charge in [-0.15, -0.1) is 0 Å². The third kappa shape index (κ3) is 4.63. The molecule has 2 fully saturated rings. The molecule has 5 rings (SSSR count). The number of aliphatic hydroxyl groups excluding tert-OH is 1. The molecule has 3 heterocycles. The maximum Gasteiger partial charge on any atom is 0.295 e. The minimum Gasteiger partial charge on any atom is -0.508 e. The number of ketones is 1. The minimum atomic E-state index is -0.782. The van der Waals surface area contributed by atoms with Crippen LogP contribution in [0.5, 0.6) is 11.5 Å². The molecule has 3 aliphatic rings. The van der Waals surface area contributed by atoms with Gasteiger partial charge in [0.2, 0.25) is 0 Å². The Bertz CT molecular complexity index is 1170. The lowest BCUT2D eigenvalue weighted by Gasteiger charge is -2.29. The Morgan fingerprint density at radius 3 is 2.66 bits per heavy atom. The zero-order valence-electron chi connectivity index (χ0n) is 19.8. The van der Waals surface area contributed by atoms with Crippen molar-refractivity contribution in [1.29, 1.82) is 0 Å². The first-order valence-corrected chi connectivity index (χ1v) is 12.1. The third-order valence-electron chi connectivity index (χ3n) is 6.87. The van der Waals surface area contributed by atoms with Gasteiger partial charge in [-0.2, -0.15) is 0 Å². The van der Waals surface area contributed by atoms with E-state index in [0.717, 1.165) is 30.9 Å². The van der Waals surface area contributed by atoms with Crippen LogP contribution in [-0.2, 0) is 20.7 Å². The monoisotopic (exact) mass is 478 g/mol. The number of nitrogens with zero attached hydrogens (tertiary/aromatic N) is 2. The van der Waals surface area contributed by atoms with Crippen LogP contribution in [0.2, 0.25) is 0 Å². The molecule has 0 radical (unpaired) electrons. The molecule has 2 aromatic rings. The number of ether oxygens (including phenoxy) is 2. The number of fused-ring (bicyclic) bond motifs is 1. The number of aliphatic hydroxyl groups is 1. The standard InChI is InChI=1S/C27H30N2O6/c1-17-14-20-15-19(6-7-22(20)35-17)25(31)23-24(18-4-2-5-21(30)16-18)29(27(33)26(23)32)9-3-8-28-10-12-34-13-11-28/h2,4-7,15-17,24,30-31H,3,8-14H2,1H3/b25-23-. The van der Waals surface area contributed by atoms with E-state index in [0.29, 0.717) is 43.7 Å². The summed E-state index contributed by atoms with van der Waals surface area (Å²) < 4.78 is 11.2. The van der Waals surface area contributed by atoms with E-state index in [1.165, 1.54) is 17.0 Å². The molecule has 3 aliphatic heterocycles. The summed E-state index contributed by atoms with van der Waals surface area (Å²) >= 11 is 0. The number of aromatic hydroxyl groups is 1. The summed E-state index contributed by atoms with van der Waals surface area (Å²) in [5.74, 6) is -0.769. The number of phenolic OH excluding ortho intramolecular Hbond substituents is 1. The smallest absolute Gasteiger partial charge is 0.295 e. The van der Waals surface area contributed by atoms with E-state index >= 15 is 0 Å². The van der Waals surface area contributed by atoms with Crippen LogP contribution < -0.4 is 4.74 Å². The molecule has 1 amide bonds. The van der Waals surface area contributed by atoms with E-state index in [1.807, 2.05) is 13.0 Å². The lowest BCUT2D eigenvalue weighted by atomic mass is 9.94. The molecule has 2 unspecified atom stereocenters. The topological polar surface area (TPSA) is 99.5 Å². The molecule has 0 aliphatic carbocycles. The van der Waals surface area contributed by atoms with Gasteiger partial charge in [-0.05, 0) is 54.8 Å². The van der Waals surface area contributed by atoms with Gasteiger partial charge in [-0.1, -0.05) is 12.1 Å². The van der Waals surface area contributed by atoms with Crippen LogP contribution in [0.25, 0.3) is 5.76 Å². The van der Waals surface area contributed by atoms with E-state index in [-0.39, 0.29) is 23.2 Å². The highest BCUT2D eigenvalue weighted by Crippen LogP contribution is 2.41. The van der Waals surface area contributed by atoms with Gasteiger partial charge in [-0.25, -0.2) is 0 Å². The van der Waals surface area contributed by atoms with Crippen molar-refractivity contribution in [1.82, 2.24) is 9.80 Å². The van der Waals surface area contributed by atoms with E-state index in [1.54, 1.807) is 24.3 Å². The molecule has 2 aromatic carbocycles. The molecule has 0 spiro atoms. The van der Waals surface area contributed by atoms with Crippen LogP contribution in [0.4, 0.5) is 0 Å². The average Bonchev–Trinajstić information content (AvgIpc) is 3.35. The first-order valence-electron chi connectivity index (χ1n) is 12.1. The molecular weight excluding hydrogens is 448 g/mol. The molecule has 0 aromatic heterocycles. The number of likely N-dealkylation sites (tertiary alicyclic amines) is 1. The van der Waals surface area contributed by atoms with Crippen molar-refractivity contribution >= 4 is 17.4 Å². The maximum absolute atomic E-state index is 13.2. The average molecular weight is 479 g/mol. The van der Waals surface area contributed by atoms with Crippen LogP contribution in [0.1, 0.15) is 36.1 Å². The van der Waals surface area contributed by atoms with Gasteiger partial charge in [0, 0.05) is 38.2 Å². The first kappa shape index (κ1) is 23.4. The van der Waals surface area contributed by atoms with Gasteiger partial charge < -0.3 is 24.6 Å². The number of rotatable bonds is 6. The van der Waals surface area contributed by atoms with Gasteiger partial charge in [-0.3, -0.25) is 14.5 Å². The van der Waals surface area contributed by atoms with Gasteiger partial charge in [0.15, 0.2) is 0 Å². The fraction of sp³-hybridized carbons (Fsp3) is 0.407. The van der Waals surface area contributed by atoms with Crippen LogP contribution in [0.15, 0.2) is 48.0 Å². The van der Waals surface area contributed by atoms with Crippen LogP contribution in [0, 0.1) is 0 Å². The van der Waals surface area contributed by atoms with Crippen LogP contribution in [0.3, 0.4) is 0 Å². The maximum atomic E-state index is 13.2. The Labute approximate surface area is 204 Å². The molecule has 2 saturated heterocycles. The normalized spacial score (nSPS) is 24.0. The number of carbonyl (C=O) groups is 2. The van der Waals surface area contributed by atoms with Crippen molar-refractivity contribution in [3.8, 4) is 11.5 Å². The number of phenols is 1. The summed E-state index contributed by atoms with van der Waals surface area (Å²) in [7, 11) is 0. The van der Waals surface area contributed by atoms with Crippen molar-refractivity contribution < 1.29 is 29.3 Å². The second kappa shape index (κ2) is 9.71. The summed E-state index contributed by atoms with van der Waals surface area (Å²) in [6, 6.07) is 11.0. The van der Waals surface area contributed by atoms with E-state index in [9.17, 15) is 19.8 Å². The van der Waals surface area contributed by atoms with Crippen molar-refractivity contribution in [2.45, 2.75) is 31.9 Å². The highest BCUT2D eigenvalue weighted by molar-refractivity contribution is 6.46. The van der Waals surface area contributed by atoms with Crippen molar-refractivity contribution in [3.63, 3.8) is 0 Å². The van der Waals surface area contributed by atoms with Crippen LogP contribution >= 0.6 is 0 Å². The molecule has 2 N–H and O–H groups in total. The number of Topliss-reactive ketones (excluding diaryl/α,β-unsaturated/α-hetero) is 1. The lowest BCUT2D eigenvalue weighted by molar-refractivity contribution is -0.140. The molecule has 0 bridgehead atoms. The van der Waals surface area contributed by atoms with Crippen molar-refractivity contribution in [3.05, 3.63) is 64.7 Å². The zero-order valence-corrected chi connectivity index (χ0v) is 19.8. The Morgan fingerprint density at radius 1 is 1.09 bits per heavy atom. The highest BCUT2D eigenvalue weighted by atomic mass is 16.5. The summed E-state index contributed by atoms with van der Waals surface area (Å²) in [4.78, 5) is 30.2. The largest absolute Gasteiger partial charge is 0.508 e. The Kier molecular flexibility index (Phi) is 6.49. The fourth-order valence-electron chi connectivity index (χ4n) is 5.17. The first-order chi connectivity index (χ1) is 16.9. The van der Waals surface area contributed by atoms with Crippen LogP contribution in [-0.4, -0.2) is 77.2 Å². The SMILES string of the molecule is CC1Cc2cc(/C(O)=C3/C(=O)C(=O)N(CCCN4CCOCC4)C3c3cccc(O)c3)ccc2O1. The van der Waals surface area contributed by atoms with Gasteiger partial charge in [0.25, 0.3) is 11.7 Å². The Hall–Kier alpha value is -3.36. The number of morpholine rings is 1. The summed E-state index contributed by atoms with van der Waals surface area (Å²) in [5, 5.41) is 21.4. The number of amides is 1. The van der Waals surface area contributed by atoms with E-state index in [2.05, 4.69) is 4.90 Å². The quantitative estimate of drug-likeness (QED) is 0.374. The number of benzene rings is 2. The number of hydrogen-bond acceptors (Lipinski definition) is 7. The molecule has 184 valence electrons. The summed E-state index contributed by atoms with van der Waals surface area (Å²) in [5.41, 5.74) is 2.04. The predicted molar refractivity (Wildman–Crippen MR) is 129 cm³/mol. The predicted octanol–water partition coefficient (Wildman–Crippen LogP) is 2.86. The molecular formula is C27H30N2O6. The number of hydrogen-bond donors (Lipinski definition) is 2. The molecule has 0 saturated carbocycles. The van der Waals surface area contributed by atoms with Gasteiger partial charge >= 0.3 is 0 Å². The lowest BCUT2D eigenvalue weighted by Crippen LogP contribution is -2.38. The minimum absolute atomic E-state index is 0.0325. The van der Waals surface area contributed by atoms with Crippen molar-refractivity contribution in [2.75, 3.05) is 39.4 Å². The Balaban J connectivity index is 1.48. The number of carbonyl (C=O) groups excluding carboxylic acids is 2. The molecule has 8 heteroatoms. The van der Waals surface area contributed by atoms with E-state index in [4.69, 9.17) is 9.47 Å². The molecule has 35 heavy (non-hydrogen) atoms. The highest BCUT2D eigenvalue weighted by Gasteiger charge is 2.46. The summed E-state index contributed by atoms with van der Waals surface area (Å²) in [6.45, 7) is 6.18. The zero-order chi connectivity index (χ0) is 24.5. The third-order valence-corrected chi connectivity index (χ3v) is 6.87. The molecule has 8 nitrogen and oxygen atoms in total. The van der Waals surface area contributed by atoms with Gasteiger partial charge in [0.1, 0.15) is 23.4 Å². The van der Waals surface area contributed by atoms with Gasteiger partial charge in [0.05, 0.1) is 24.8 Å². The second-order valence-corrected chi connectivity index (χ2v) is 9.35.